The number of aromatic nitrogens is 12. The van der Waals surface area contributed by atoms with Crippen LogP contribution in [-0.2, 0) is 55.4 Å². The molecule has 0 spiro atoms. The molecule has 6 N–H and O–H groups in total. The molecule has 8 heterocycles. The van der Waals surface area contributed by atoms with Crippen LogP contribution in [0.2, 0.25) is 0 Å². The lowest BCUT2D eigenvalue weighted by Crippen LogP contribution is -2.13. The molecule has 0 bridgehead atoms. The van der Waals surface area contributed by atoms with E-state index in [0.717, 1.165) is 101 Å². The number of para-hydroxylation sites is 2. The topological polar surface area (TPSA) is 323 Å². The van der Waals surface area contributed by atoms with Crippen LogP contribution in [-0.4, -0.2) is 152 Å². The Hall–Kier alpha value is -9.83. The first kappa shape index (κ1) is 78.9. The minimum Gasteiger partial charge on any atom is -0.497 e. The van der Waals surface area contributed by atoms with Crippen molar-refractivity contribution >= 4 is 86.6 Å². The molecule has 24 nitrogen and oxygen atoms in total. The number of pyridine rings is 4. The number of nitrogens with one attached hydrogen (secondary N) is 4. The summed E-state index contributed by atoms with van der Waals surface area (Å²) in [6.45, 7) is 8.07. The molecular weight excluding hydrogens is 1420 g/mol. The first-order valence-corrected chi connectivity index (χ1v) is 37.7. The summed E-state index contributed by atoms with van der Waals surface area (Å²) in [5, 5.41) is 1.98. The number of H-pyrrole nitrogens is 4. The highest BCUT2D eigenvalue weighted by Crippen LogP contribution is 2.51. The Morgan fingerprint density at radius 1 is 0.476 bits per heavy atom. The smallest absolute Gasteiger partial charge is 0.392 e. The zero-order valence-corrected chi connectivity index (χ0v) is 62.1. The summed E-state index contributed by atoms with van der Waals surface area (Å²) in [5.41, 5.74) is 14.1. The summed E-state index contributed by atoms with van der Waals surface area (Å²) in [5.74, 6) is 5.76. The van der Waals surface area contributed by atoms with E-state index in [9.17, 15) is 34.6 Å². The maximum Gasteiger partial charge on any atom is 0.392 e. The Bertz CT molecular complexity index is 4980. The van der Waals surface area contributed by atoms with Crippen LogP contribution in [0.5, 0.6) is 46.0 Å². The van der Waals surface area contributed by atoms with Gasteiger partial charge < -0.3 is 63.3 Å². The van der Waals surface area contributed by atoms with Gasteiger partial charge in [0.2, 0.25) is 0 Å². The molecule has 4 aromatic carbocycles. The number of benzene rings is 4. The lowest BCUT2D eigenvalue weighted by Gasteiger charge is -2.29. The lowest BCUT2D eigenvalue weighted by molar-refractivity contribution is -0.139. The highest BCUT2D eigenvalue weighted by molar-refractivity contribution is 8.31. The number of ether oxygens (including phenoxy) is 8. The van der Waals surface area contributed by atoms with Gasteiger partial charge in [-0.15, -0.1) is 0 Å². The van der Waals surface area contributed by atoms with E-state index in [1.165, 1.54) is 44.7 Å². The predicted molar refractivity (Wildman–Crippen MR) is 387 cm³/mol. The van der Waals surface area contributed by atoms with E-state index in [0.29, 0.717) is 61.1 Å². The second kappa shape index (κ2) is 34.9. The van der Waals surface area contributed by atoms with Gasteiger partial charge in [0.05, 0.1) is 172 Å². The molecular formula is C70H79F5N12O12S4. The zero-order valence-electron chi connectivity index (χ0n) is 58.8. The van der Waals surface area contributed by atoms with E-state index >= 15 is 0 Å². The molecule has 0 saturated carbocycles. The van der Waals surface area contributed by atoms with Gasteiger partial charge in [-0.25, -0.2) is 19.9 Å². The van der Waals surface area contributed by atoms with Crippen LogP contribution in [0, 0.1) is 41.5 Å². The highest BCUT2D eigenvalue weighted by atomic mass is 32.3. The van der Waals surface area contributed by atoms with Gasteiger partial charge >= 0.3 is 12.8 Å². The molecule has 0 amide bonds. The fraction of sp³-hybridized carbons (Fsp3) is 0.314. The molecule has 0 fully saturated rings. The summed E-state index contributed by atoms with van der Waals surface area (Å²) in [7, 11) is 4.08. The Morgan fingerprint density at radius 2 is 0.903 bits per heavy atom. The predicted octanol–water partition coefficient (Wildman–Crippen LogP) is 13.4. The van der Waals surface area contributed by atoms with Crippen molar-refractivity contribution in [3.05, 3.63) is 166 Å². The number of rotatable bonds is 23. The third-order valence-corrected chi connectivity index (χ3v) is 21.6. The van der Waals surface area contributed by atoms with Crippen LogP contribution >= 0.6 is 10.0 Å². The van der Waals surface area contributed by atoms with Gasteiger partial charge in [0.25, 0.3) is 0 Å². The average Bonchev–Trinajstić information content (AvgIpc) is 1.60. The SMILES string of the molecule is COc1c(C)cnc(CS(=O)c2nc3ccc(OC(F)F)cc3[nH]2)c1OC.COc1ccc2nc(S(=O)Cc3ncc(C)c(OC)c3C)[nH]c2c1.COc1ccc2nc(S(C)(C)Cc3ncc(C)c(OC)c3C)[nH]c2c1.Cc1c(OCCC(F)(F)F)ccnc1CS(=O)c1nc2ccccc2[nH]1.O. The van der Waals surface area contributed by atoms with E-state index in [2.05, 4.69) is 79.0 Å². The molecule has 0 aliphatic heterocycles. The summed E-state index contributed by atoms with van der Waals surface area (Å²) in [6.07, 6.45) is 5.88. The van der Waals surface area contributed by atoms with Gasteiger partial charge in [-0.05, 0) is 109 Å². The highest BCUT2D eigenvalue weighted by Gasteiger charge is 2.28. The summed E-state index contributed by atoms with van der Waals surface area (Å²) in [4.78, 5) is 47.7. The molecule has 0 aliphatic carbocycles. The van der Waals surface area contributed by atoms with Crippen LogP contribution < -0.4 is 37.9 Å². The Kier molecular flexibility index (Phi) is 26.7. The largest absolute Gasteiger partial charge is 0.497 e. The van der Waals surface area contributed by atoms with Gasteiger partial charge in [0, 0.05) is 82.1 Å². The van der Waals surface area contributed by atoms with Crippen LogP contribution in [0.1, 0.15) is 62.6 Å². The fourth-order valence-electron chi connectivity index (χ4n) is 10.6. The standard InChI is InChI=1S/C19H25N3O2S.C17H16F3N3O2S.C17H17F2N3O4S.C17H19N3O3S.H2O/c1-12-10-20-17(13(2)18(12)24-4)11-25(5,6)19-21-15-8-7-14(23-3)9-16(15)22-19;1-11-14(21-8-6-15(11)25-9-7-17(18,19)20)10-26(24)16-22-12-4-2-3-5-13(12)23-16;1-9-7-20-13(15(25-3)14(9)24-2)8-27(23)17-21-11-5-4-10(26-16(18)19)6-12(11)22-17;1-10-8-18-15(11(2)16(10)23-4)9-24(21)17-19-13-6-5-12(22-3)7-14(13)20-17;/h7-10H,11H2,1-6H3,(H,21,22);2-6,8H,7,9-10H2,1H3,(H,22,23);4-7,16H,8H2,1-3H3,(H,21,22);5-8H,9H2,1-4H3,(H,19,20);1H2. The summed E-state index contributed by atoms with van der Waals surface area (Å²) in [6, 6.07) is 24.5. The summed E-state index contributed by atoms with van der Waals surface area (Å²) >= 11 is 0. The Morgan fingerprint density at radius 3 is 1.41 bits per heavy atom. The Labute approximate surface area is 599 Å². The van der Waals surface area contributed by atoms with Crippen molar-refractivity contribution in [3.8, 4) is 46.0 Å². The zero-order chi connectivity index (χ0) is 73.7. The van der Waals surface area contributed by atoms with E-state index in [4.69, 9.17) is 38.1 Å². The number of halogens is 5. The normalized spacial score (nSPS) is 12.4. The maximum atomic E-state index is 12.7. The van der Waals surface area contributed by atoms with Crippen LogP contribution in [0.3, 0.4) is 0 Å². The molecule has 0 aliphatic rings. The maximum absolute atomic E-state index is 12.7. The molecule has 550 valence electrons. The van der Waals surface area contributed by atoms with Crippen molar-refractivity contribution in [3.63, 3.8) is 0 Å². The van der Waals surface area contributed by atoms with Gasteiger partial charge in [-0.3, -0.25) is 32.6 Å². The van der Waals surface area contributed by atoms with Crippen molar-refractivity contribution in [1.29, 1.82) is 0 Å². The number of methoxy groups -OCH3 is 6. The van der Waals surface area contributed by atoms with Gasteiger partial charge in [-0.1, -0.05) is 12.1 Å². The molecule has 3 atom stereocenters. The van der Waals surface area contributed by atoms with Crippen molar-refractivity contribution in [2.45, 2.75) is 104 Å². The van der Waals surface area contributed by atoms with Crippen molar-refractivity contribution in [2.24, 2.45) is 0 Å². The lowest BCUT2D eigenvalue weighted by atomic mass is 10.1. The number of imidazole rings is 4. The molecule has 0 radical (unpaired) electrons. The first-order chi connectivity index (χ1) is 48.6. The third-order valence-electron chi connectivity index (χ3n) is 15.9. The molecule has 12 aromatic rings. The monoisotopic (exact) mass is 1500 g/mol. The number of aryl methyl sites for hydroxylation is 3. The van der Waals surface area contributed by atoms with Crippen molar-refractivity contribution in [1.82, 2.24) is 59.8 Å². The minimum atomic E-state index is -4.27. The number of fused-ring (bicyclic) bond motifs is 4. The number of hydrogen-bond donors (Lipinski definition) is 4. The third kappa shape index (κ3) is 19.7. The number of nitrogens with zero attached hydrogens (tertiary/aromatic N) is 8. The van der Waals surface area contributed by atoms with Crippen LogP contribution in [0.4, 0.5) is 22.0 Å². The molecule has 12 rings (SSSR count). The summed E-state index contributed by atoms with van der Waals surface area (Å²) < 4.78 is 141. The molecule has 3 unspecified atom stereocenters. The molecule has 0 saturated heterocycles. The van der Waals surface area contributed by atoms with Crippen molar-refractivity contribution in [2.75, 3.05) is 61.8 Å². The number of aromatic amines is 4. The van der Waals surface area contributed by atoms with Crippen LogP contribution in [0.15, 0.2) is 130 Å². The molecule has 103 heavy (non-hydrogen) atoms. The van der Waals surface area contributed by atoms with Crippen LogP contribution in [0.25, 0.3) is 44.1 Å². The van der Waals surface area contributed by atoms with E-state index in [1.54, 1.807) is 47.8 Å². The first-order valence-electron chi connectivity index (χ1n) is 31.2. The van der Waals surface area contributed by atoms with Crippen molar-refractivity contribution < 1.29 is 77.9 Å². The van der Waals surface area contributed by atoms with E-state index in [1.807, 2.05) is 94.6 Å². The quantitative estimate of drug-likeness (QED) is 0.0432. The fourth-order valence-corrected chi connectivity index (χ4v) is 15.6. The molecule has 33 heteroatoms. The van der Waals surface area contributed by atoms with Gasteiger partial charge in [-0.2, -0.15) is 32.0 Å². The molecule has 8 aromatic heterocycles. The second-order valence-electron chi connectivity index (χ2n) is 23.3. The van der Waals surface area contributed by atoms with Gasteiger partial charge in [0.1, 0.15) is 39.7 Å². The minimum absolute atomic E-state index is 0. The van der Waals surface area contributed by atoms with Gasteiger partial charge in [0.15, 0.2) is 27.0 Å². The van der Waals surface area contributed by atoms with E-state index in [-0.39, 0.29) is 33.6 Å². The second-order valence-corrected chi connectivity index (χ2v) is 31.2. The Balaban J connectivity index is 0.000000174. The van der Waals surface area contributed by atoms with E-state index < -0.39 is 68.2 Å². The number of alkyl halides is 5. The number of hydrogen-bond acceptors (Lipinski definition) is 19. The average molecular weight is 1500 g/mol.